The zero-order valence-electron chi connectivity index (χ0n) is 9.23. The van der Waals surface area contributed by atoms with E-state index in [1.807, 2.05) is 0 Å². The molecular weight excluding hydrogens is 238 g/mol. The van der Waals surface area contributed by atoms with E-state index >= 15 is 0 Å². The van der Waals surface area contributed by atoms with Crippen LogP contribution in [0.15, 0.2) is 22.5 Å². The van der Waals surface area contributed by atoms with E-state index in [4.69, 9.17) is 5.73 Å². The van der Waals surface area contributed by atoms with Crippen molar-refractivity contribution in [3.63, 3.8) is 0 Å². The minimum Gasteiger partial charge on any atom is -0.374 e. The van der Waals surface area contributed by atoms with Gasteiger partial charge < -0.3 is 5.73 Å². The van der Waals surface area contributed by atoms with E-state index in [9.17, 15) is 0 Å². The number of hydrogen-bond donors (Lipinski definition) is 1. The SMILES string of the molecule is Cc1ccc(C)c(CSc2nnc(N)s2)c1. The molecule has 0 amide bonds. The number of aromatic nitrogens is 2. The van der Waals surface area contributed by atoms with Crippen molar-refractivity contribution in [3.8, 4) is 0 Å². The Bertz CT molecular complexity index is 494. The lowest BCUT2D eigenvalue weighted by atomic mass is 10.1. The average Bonchev–Trinajstić information content (AvgIpc) is 2.66. The summed E-state index contributed by atoms with van der Waals surface area (Å²) >= 11 is 3.12. The first-order valence-corrected chi connectivity index (χ1v) is 6.73. The molecule has 0 radical (unpaired) electrons. The van der Waals surface area contributed by atoms with E-state index in [0.717, 1.165) is 10.1 Å². The summed E-state index contributed by atoms with van der Waals surface area (Å²) in [5.41, 5.74) is 9.48. The highest BCUT2D eigenvalue weighted by Crippen LogP contribution is 2.28. The Morgan fingerprint density at radius 2 is 2.12 bits per heavy atom. The van der Waals surface area contributed by atoms with Gasteiger partial charge in [0, 0.05) is 5.75 Å². The van der Waals surface area contributed by atoms with Gasteiger partial charge in [-0.2, -0.15) is 0 Å². The number of nitrogens with zero attached hydrogens (tertiary/aromatic N) is 2. The summed E-state index contributed by atoms with van der Waals surface area (Å²) in [6.45, 7) is 4.24. The molecule has 1 aromatic carbocycles. The second-order valence-electron chi connectivity index (χ2n) is 3.62. The van der Waals surface area contributed by atoms with Gasteiger partial charge in [0.25, 0.3) is 0 Å². The molecule has 0 spiro atoms. The molecule has 1 heterocycles. The second-order valence-corrected chi connectivity index (χ2v) is 5.86. The average molecular weight is 251 g/mol. The first-order chi connectivity index (χ1) is 7.65. The van der Waals surface area contributed by atoms with Crippen molar-refractivity contribution in [2.24, 2.45) is 0 Å². The molecule has 5 heteroatoms. The smallest absolute Gasteiger partial charge is 0.203 e. The molecule has 16 heavy (non-hydrogen) atoms. The lowest BCUT2D eigenvalue weighted by Crippen LogP contribution is -1.87. The Morgan fingerprint density at radius 1 is 1.31 bits per heavy atom. The number of nitrogens with two attached hydrogens (primary N) is 1. The molecule has 3 nitrogen and oxygen atoms in total. The molecule has 0 saturated carbocycles. The Kier molecular flexibility index (Phi) is 3.46. The van der Waals surface area contributed by atoms with Crippen LogP contribution in [0.4, 0.5) is 5.13 Å². The van der Waals surface area contributed by atoms with Crippen LogP contribution >= 0.6 is 23.1 Å². The number of benzene rings is 1. The van der Waals surface area contributed by atoms with E-state index in [-0.39, 0.29) is 0 Å². The van der Waals surface area contributed by atoms with Crippen LogP contribution in [0.2, 0.25) is 0 Å². The number of anilines is 1. The molecule has 0 aliphatic carbocycles. The predicted molar refractivity (Wildman–Crippen MR) is 69.8 cm³/mol. The van der Waals surface area contributed by atoms with Crippen LogP contribution in [0, 0.1) is 13.8 Å². The molecule has 0 fully saturated rings. The van der Waals surface area contributed by atoms with Gasteiger partial charge in [0.2, 0.25) is 5.13 Å². The summed E-state index contributed by atoms with van der Waals surface area (Å²) in [5.74, 6) is 0.919. The van der Waals surface area contributed by atoms with Gasteiger partial charge in [-0.1, -0.05) is 46.9 Å². The zero-order chi connectivity index (χ0) is 11.5. The highest BCUT2D eigenvalue weighted by molar-refractivity contribution is 8.00. The lowest BCUT2D eigenvalue weighted by Gasteiger charge is -2.04. The molecule has 2 aromatic rings. The minimum atomic E-state index is 0.531. The molecule has 1 aromatic heterocycles. The number of thioether (sulfide) groups is 1. The van der Waals surface area contributed by atoms with Crippen molar-refractivity contribution in [2.45, 2.75) is 23.9 Å². The molecule has 2 N–H and O–H groups in total. The normalized spacial score (nSPS) is 10.6. The predicted octanol–water partition coefficient (Wildman–Crippen LogP) is 3.03. The summed E-state index contributed by atoms with van der Waals surface area (Å²) in [6, 6.07) is 6.50. The van der Waals surface area contributed by atoms with Gasteiger partial charge in [-0.25, -0.2) is 0 Å². The highest BCUT2D eigenvalue weighted by atomic mass is 32.2. The van der Waals surface area contributed by atoms with Crippen molar-refractivity contribution < 1.29 is 0 Å². The Morgan fingerprint density at radius 3 is 2.81 bits per heavy atom. The maximum atomic E-state index is 5.53. The highest BCUT2D eigenvalue weighted by Gasteiger charge is 2.04. The van der Waals surface area contributed by atoms with Crippen LogP contribution in [-0.2, 0) is 5.75 Å². The molecule has 0 aliphatic rings. The minimum absolute atomic E-state index is 0.531. The Balaban J connectivity index is 2.07. The summed E-state index contributed by atoms with van der Waals surface area (Å²) in [6.07, 6.45) is 0. The van der Waals surface area contributed by atoms with Crippen LogP contribution in [-0.4, -0.2) is 10.2 Å². The molecule has 0 aliphatic heterocycles. The number of aryl methyl sites for hydroxylation is 2. The fraction of sp³-hybridized carbons (Fsp3) is 0.273. The monoisotopic (exact) mass is 251 g/mol. The third-order valence-electron chi connectivity index (χ3n) is 2.28. The van der Waals surface area contributed by atoms with E-state index in [0.29, 0.717) is 5.13 Å². The van der Waals surface area contributed by atoms with Gasteiger partial charge in [-0.05, 0) is 25.0 Å². The first-order valence-electron chi connectivity index (χ1n) is 4.93. The van der Waals surface area contributed by atoms with Crippen molar-refractivity contribution >= 4 is 28.2 Å². The van der Waals surface area contributed by atoms with Gasteiger partial charge >= 0.3 is 0 Å². The van der Waals surface area contributed by atoms with Gasteiger partial charge in [-0.3, -0.25) is 0 Å². The van der Waals surface area contributed by atoms with Crippen LogP contribution in [0.3, 0.4) is 0 Å². The van der Waals surface area contributed by atoms with Gasteiger partial charge in [0.1, 0.15) is 0 Å². The largest absolute Gasteiger partial charge is 0.374 e. The van der Waals surface area contributed by atoms with Gasteiger partial charge in [0.15, 0.2) is 4.34 Å². The molecular formula is C11H13N3S2. The number of rotatable bonds is 3. The Hall–Kier alpha value is -1.07. The maximum Gasteiger partial charge on any atom is 0.203 e. The van der Waals surface area contributed by atoms with Crippen molar-refractivity contribution in [3.05, 3.63) is 34.9 Å². The molecule has 0 saturated heterocycles. The second kappa shape index (κ2) is 4.84. The molecule has 2 rings (SSSR count). The topological polar surface area (TPSA) is 51.8 Å². The summed E-state index contributed by atoms with van der Waals surface area (Å²) in [7, 11) is 0. The summed E-state index contributed by atoms with van der Waals surface area (Å²) < 4.78 is 0.929. The van der Waals surface area contributed by atoms with Crippen LogP contribution in [0.1, 0.15) is 16.7 Å². The summed E-state index contributed by atoms with van der Waals surface area (Å²) in [4.78, 5) is 0. The molecule has 0 bridgehead atoms. The van der Waals surface area contributed by atoms with Gasteiger partial charge in [-0.15, -0.1) is 10.2 Å². The lowest BCUT2D eigenvalue weighted by molar-refractivity contribution is 1.02. The third-order valence-corrected chi connectivity index (χ3v) is 4.21. The zero-order valence-corrected chi connectivity index (χ0v) is 10.9. The standard InChI is InChI=1S/C11H13N3S2/c1-7-3-4-8(2)9(5-7)6-15-11-14-13-10(12)16-11/h3-5H,6H2,1-2H3,(H2,12,13). The molecule has 0 unspecified atom stereocenters. The molecule has 0 atom stereocenters. The molecule has 84 valence electrons. The third kappa shape index (κ3) is 2.74. The van der Waals surface area contributed by atoms with Gasteiger partial charge in [0.05, 0.1) is 0 Å². The maximum absolute atomic E-state index is 5.53. The number of nitrogen functional groups attached to an aromatic ring is 1. The van der Waals surface area contributed by atoms with Crippen LogP contribution < -0.4 is 5.73 Å². The van der Waals surface area contributed by atoms with E-state index in [2.05, 4.69) is 42.2 Å². The van der Waals surface area contributed by atoms with Crippen molar-refractivity contribution in [1.82, 2.24) is 10.2 Å². The quantitative estimate of drug-likeness (QED) is 0.852. The van der Waals surface area contributed by atoms with E-state index < -0.39 is 0 Å². The number of hydrogen-bond acceptors (Lipinski definition) is 5. The van der Waals surface area contributed by atoms with Crippen molar-refractivity contribution in [1.29, 1.82) is 0 Å². The van der Waals surface area contributed by atoms with E-state index in [1.54, 1.807) is 11.8 Å². The first kappa shape index (κ1) is 11.4. The van der Waals surface area contributed by atoms with Crippen molar-refractivity contribution in [2.75, 3.05) is 5.73 Å². The van der Waals surface area contributed by atoms with Crippen LogP contribution in [0.25, 0.3) is 0 Å². The van der Waals surface area contributed by atoms with E-state index in [1.165, 1.54) is 28.0 Å². The summed E-state index contributed by atoms with van der Waals surface area (Å²) in [5, 5.41) is 8.31. The fourth-order valence-corrected chi connectivity index (χ4v) is 3.07. The van der Waals surface area contributed by atoms with Crippen LogP contribution in [0.5, 0.6) is 0 Å². The fourth-order valence-electron chi connectivity index (χ4n) is 1.37. The Labute approximate surface area is 103 Å².